The van der Waals surface area contributed by atoms with Crippen molar-refractivity contribution in [1.82, 2.24) is 14.9 Å². The first kappa shape index (κ1) is 16.3. The van der Waals surface area contributed by atoms with E-state index in [0.29, 0.717) is 24.3 Å². The summed E-state index contributed by atoms with van der Waals surface area (Å²) in [5.41, 5.74) is 9.99. The van der Waals surface area contributed by atoms with Crippen LogP contribution in [0.15, 0.2) is 36.4 Å². The Balaban J connectivity index is 1.74. The number of nitrogen functional groups attached to an aromatic ring is 1. The number of aromatic nitrogens is 2. The van der Waals surface area contributed by atoms with Crippen LogP contribution in [0.1, 0.15) is 40.5 Å². The molecule has 0 unspecified atom stereocenters. The molecule has 1 aliphatic rings. The number of carbonyl (C=O) groups is 1. The molecule has 1 aliphatic heterocycles. The predicted octanol–water partition coefficient (Wildman–Crippen LogP) is 3.03. The summed E-state index contributed by atoms with van der Waals surface area (Å²) in [7, 11) is 0. The highest BCUT2D eigenvalue weighted by molar-refractivity contribution is 6.05. The van der Waals surface area contributed by atoms with Gasteiger partial charge in [-0.25, -0.2) is 9.97 Å². The van der Waals surface area contributed by atoms with Gasteiger partial charge in [0.15, 0.2) is 0 Å². The Kier molecular flexibility index (Phi) is 3.95. The zero-order chi connectivity index (χ0) is 18.3. The Morgan fingerprint density at radius 3 is 2.77 bits per heavy atom. The molecule has 0 atom stereocenters. The molecule has 3 aromatic rings. The number of amides is 1. The van der Waals surface area contributed by atoms with Gasteiger partial charge in [0.1, 0.15) is 11.4 Å². The normalized spacial score (nSPS) is 13.2. The van der Waals surface area contributed by atoms with Gasteiger partial charge in [0.2, 0.25) is 5.95 Å². The molecule has 4 rings (SSSR count). The number of rotatable bonds is 3. The Hall–Kier alpha value is -3.15. The summed E-state index contributed by atoms with van der Waals surface area (Å²) >= 11 is 0. The number of anilines is 1. The summed E-state index contributed by atoms with van der Waals surface area (Å²) in [6.45, 7) is 3.06. The highest BCUT2D eigenvalue weighted by Crippen LogP contribution is 2.29. The van der Waals surface area contributed by atoms with E-state index in [1.165, 1.54) is 0 Å². The topological polar surface area (TPSA) is 92.3 Å². The summed E-state index contributed by atoms with van der Waals surface area (Å²) in [6, 6.07) is 11.1. The van der Waals surface area contributed by atoms with Crippen molar-refractivity contribution >= 4 is 22.8 Å². The molecule has 2 heterocycles. The zero-order valence-electron chi connectivity index (χ0n) is 14.6. The van der Waals surface area contributed by atoms with Crippen LogP contribution in [0.3, 0.4) is 0 Å². The van der Waals surface area contributed by atoms with E-state index in [2.05, 4.69) is 16.9 Å². The van der Waals surface area contributed by atoms with Crippen molar-refractivity contribution in [2.24, 2.45) is 0 Å². The number of phenolic OH excluding ortho intramolecular Hbond substituents is 1. The van der Waals surface area contributed by atoms with E-state index >= 15 is 0 Å². The summed E-state index contributed by atoms with van der Waals surface area (Å²) < 4.78 is 0. The summed E-state index contributed by atoms with van der Waals surface area (Å²) in [4.78, 5) is 23.4. The van der Waals surface area contributed by atoms with Crippen LogP contribution in [0.25, 0.3) is 10.9 Å². The first-order valence-corrected chi connectivity index (χ1v) is 8.71. The molecule has 132 valence electrons. The molecule has 6 nitrogen and oxygen atoms in total. The molecular formula is C20H20N4O2. The van der Waals surface area contributed by atoms with Crippen LogP contribution >= 0.6 is 0 Å². The van der Waals surface area contributed by atoms with E-state index in [0.717, 1.165) is 34.9 Å². The van der Waals surface area contributed by atoms with Crippen molar-refractivity contribution < 1.29 is 9.90 Å². The molecule has 2 aromatic carbocycles. The molecule has 1 aromatic heterocycles. The van der Waals surface area contributed by atoms with Crippen molar-refractivity contribution in [2.75, 3.05) is 5.73 Å². The van der Waals surface area contributed by atoms with Gasteiger partial charge in [0.25, 0.3) is 5.91 Å². The highest BCUT2D eigenvalue weighted by atomic mass is 16.3. The molecule has 0 spiro atoms. The minimum atomic E-state index is -0.173. The van der Waals surface area contributed by atoms with Crippen LogP contribution in [-0.2, 0) is 19.5 Å². The van der Waals surface area contributed by atoms with E-state index in [1.807, 2.05) is 24.3 Å². The van der Waals surface area contributed by atoms with Gasteiger partial charge in [-0.15, -0.1) is 0 Å². The van der Waals surface area contributed by atoms with Crippen LogP contribution in [0, 0.1) is 0 Å². The van der Waals surface area contributed by atoms with Crippen LogP contribution in [0.5, 0.6) is 5.75 Å². The van der Waals surface area contributed by atoms with Crippen molar-refractivity contribution in [3.05, 3.63) is 58.8 Å². The number of phenols is 1. The third-order valence-corrected chi connectivity index (χ3v) is 4.72. The fourth-order valence-corrected chi connectivity index (χ4v) is 3.48. The fraction of sp³-hybridized carbons (Fsp3) is 0.250. The molecule has 26 heavy (non-hydrogen) atoms. The molecule has 1 amide bonds. The summed E-state index contributed by atoms with van der Waals surface area (Å²) in [6.07, 6.45) is 1.96. The predicted molar refractivity (Wildman–Crippen MR) is 99.6 cm³/mol. The molecule has 3 N–H and O–H groups in total. The van der Waals surface area contributed by atoms with E-state index < -0.39 is 0 Å². The number of benzene rings is 2. The number of aryl methyl sites for hydroxylation is 1. The minimum absolute atomic E-state index is 0.0958. The first-order chi connectivity index (χ1) is 12.5. The third-order valence-electron chi connectivity index (χ3n) is 4.72. The maximum Gasteiger partial charge on any atom is 0.273 e. The monoisotopic (exact) mass is 348 g/mol. The standard InChI is InChI=1S/C20H20N4O2/c1-2-3-12-4-7-17-16(8-12)18(23-20(21)22-17)19(26)24-10-13-5-6-15(25)9-14(13)11-24/h4-9,25H,2-3,10-11H2,1H3,(H2,21,22,23). The van der Waals surface area contributed by atoms with Crippen LogP contribution < -0.4 is 5.73 Å². The van der Waals surface area contributed by atoms with Gasteiger partial charge in [-0.05, 0) is 47.4 Å². The Labute approximate surface area is 151 Å². The second-order valence-electron chi connectivity index (χ2n) is 6.65. The van der Waals surface area contributed by atoms with Crippen molar-refractivity contribution in [3.63, 3.8) is 0 Å². The molecule has 6 heteroatoms. The molecule has 0 bridgehead atoms. The minimum Gasteiger partial charge on any atom is -0.508 e. The van der Waals surface area contributed by atoms with Crippen molar-refractivity contribution in [3.8, 4) is 5.75 Å². The SMILES string of the molecule is CCCc1ccc2nc(N)nc(C(=O)N3Cc4ccc(O)cc4C3)c2c1. The van der Waals surface area contributed by atoms with E-state index in [-0.39, 0.29) is 17.6 Å². The lowest BCUT2D eigenvalue weighted by atomic mass is 10.1. The maximum absolute atomic E-state index is 13.2. The molecule has 0 saturated heterocycles. The van der Waals surface area contributed by atoms with E-state index in [9.17, 15) is 9.90 Å². The molecular weight excluding hydrogens is 328 g/mol. The third kappa shape index (κ3) is 2.83. The van der Waals surface area contributed by atoms with Gasteiger partial charge < -0.3 is 15.7 Å². The summed E-state index contributed by atoms with van der Waals surface area (Å²) in [5.74, 6) is 0.130. The number of hydrogen-bond donors (Lipinski definition) is 2. The number of nitrogens with zero attached hydrogens (tertiary/aromatic N) is 3. The van der Waals surface area contributed by atoms with Crippen molar-refractivity contribution in [2.45, 2.75) is 32.9 Å². The lowest BCUT2D eigenvalue weighted by molar-refractivity contribution is 0.0747. The second-order valence-corrected chi connectivity index (χ2v) is 6.65. The number of nitrogens with two attached hydrogens (primary N) is 1. The van der Waals surface area contributed by atoms with Gasteiger partial charge in [-0.2, -0.15) is 0 Å². The lowest BCUT2D eigenvalue weighted by Crippen LogP contribution is -2.27. The number of carbonyl (C=O) groups excluding carboxylic acids is 1. The molecule has 0 radical (unpaired) electrons. The molecule has 0 fully saturated rings. The molecule has 0 aliphatic carbocycles. The van der Waals surface area contributed by atoms with Gasteiger partial charge >= 0.3 is 0 Å². The highest BCUT2D eigenvalue weighted by Gasteiger charge is 2.27. The zero-order valence-corrected chi connectivity index (χ0v) is 14.6. The van der Waals surface area contributed by atoms with Crippen LogP contribution in [-0.4, -0.2) is 25.9 Å². The Morgan fingerprint density at radius 1 is 1.15 bits per heavy atom. The Bertz CT molecular complexity index is 1020. The second kappa shape index (κ2) is 6.29. The number of hydrogen-bond acceptors (Lipinski definition) is 5. The average Bonchev–Trinajstić information content (AvgIpc) is 3.04. The molecule has 0 saturated carbocycles. The van der Waals surface area contributed by atoms with Gasteiger partial charge in [-0.1, -0.05) is 25.5 Å². The average molecular weight is 348 g/mol. The van der Waals surface area contributed by atoms with Gasteiger partial charge in [0, 0.05) is 18.5 Å². The lowest BCUT2D eigenvalue weighted by Gasteiger charge is -2.16. The number of aromatic hydroxyl groups is 1. The van der Waals surface area contributed by atoms with Crippen molar-refractivity contribution in [1.29, 1.82) is 0 Å². The first-order valence-electron chi connectivity index (χ1n) is 8.71. The van der Waals surface area contributed by atoms with Crippen LogP contribution in [0.2, 0.25) is 0 Å². The van der Waals surface area contributed by atoms with E-state index in [1.54, 1.807) is 17.0 Å². The van der Waals surface area contributed by atoms with Gasteiger partial charge in [0.05, 0.1) is 5.52 Å². The summed E-state index contributed by atoms with van der Waals surface area (Å²) in [5, 5.41) is 10.4. The number of fused-ring (bicyclic) bond motifs is 2. The fourth-order valence-electron chi connectivity index (χ4n) is 3.48. The quantitative estimate of drug-likeness (QED) is 0.759. The Morgan fingerprint density at radius 2 is 1.96 bits per heavy atom. The van der Waals surface area contributed by atoms with Gasteiger partial charge in [-0.3, -0.25) is 4.79 Å². The maximum atomic E-state index is 13.2. The largest absolute Gasteiger partial charge is 0.508 e. The smallest absolute Gasteiger partial charge is 0.273 e. The van der Waals surface area contributed by atoms with Crippen LogP contribution in [0.4, 0.5) is 5.95 Å². The van der Waals surface area contributed by atoms with E-state index in [4.69, 9.17) is 5.73 Å².